The molecule has 0 bridgehead atoms. The lowest BCUT2D eigenvalue weighted by molar-refractivity contribution is 0.0736. The van der Waals surface area contributed by atoms with Crippen molar-refractivity contribution in [1.29, 1.82) is 0 Å². The summed E-state index contributed by atoms with van der Waals surface area (Å²) in [5.41, 5.74) is 11.5. The molecule has 0 saturated carbocycles. The van der Waals surface area contributed by atoms with Crippen LogP contribution in [0.4, 0.5) is 5.82 Å². The average Bonchev–Trinajstić information content (AvgIpc) is 3.40. The van der Waals surface area contributed by atoms with Gasteiger partial charge in [0.25, 0.3) is 0 Å². The van der Waals surface area contributed by atoms with Crippen molar-refractivity contribution in [2.24, 2.45) is 0 Å². The number of nitrogens with two attached hydrogens (primary N) is 1. The van der Waals surface area contributed by atoms with Gasteiger partial charge in [0.15, 0.2) is 0 Å². The summed E-state index contributed by atoms with van der Waals surface area (Å²) in [7, 11) is 0. The Hall–Kier alpha value is -4.24. The normalized spacial score (nSPS) is 11.7. The summed E-state index contributed by atoms with van der Waals surface area (Å²) in [6.07, 6.45) is 4.63. The molecule has 7 nitrogen and oxygen atoms in total. The number of fused-ring (bicyclic) bond motifs is 1. The predicted octanol–water partition coefficient (Wildman–Crippen LogP) is 6.85. The van der Waals surface area contributed by atoms with Gasteiger partial charge in [0, 0.05) is 52.3 Å². The minimum absolute atomic E-state index is 0.371. The van der Waals surface area contributed by atoms with E-state index in [2.05, 4.69) is 15.0 Å². The Kier molecular flexibility index (Phi) is 7.21. The smallest absolute Gasteiger partial charge is 0.146 e. The summed E-state index contributed by atoms with van der Waals surface area (Å²) in [6.45, 7) is 3.46. The standard InChI is InChI=1S/C32H27ClN6OS/c1-32(2,40)26-12-6-11-22(37-26)16-27-36-18-23(41-27)17-25-31(34)39-29(19-8-4-3-5-9-19)30(38-25)21-14-20-10-7-13-35-28(20)24(33)15-21/h3-15,18,40H,16-17H2,1-2H3,(H2,34,39). The molecule has 0 atom stereocenters. The fraction of sp³-hybridized carbons (Fsp3) is 0.156. The summed E-state index contributed by atoms with van der Waals surface area (Å²) in [4.78, 5) is 24.6. The summed E-state index contributed by atoms with van der Waals surface area (Å²) >= 11 is 8.24. The Morgan fingerprint density at radius 3 is 2.46 bits per heavy atom. The molecular weight excluding hydrogens is 552 g/mol. The number of nitrogens with zero attached hydrogens (tertiary/aromatic N) is 5. The number of hydrogen-bond donors (Lipinski definition) is 2. The number of thiazole rings is 1. The first-order chi connectivity index (χ1) is 19.7. The Bertz CT molecular complexity index is 1870. The molecule has 0 aliphatic rings. The van der Waals surface area contributed by atoms with E-state index in [0.717, 1.165) is 37.6 Å². The van der Waals surface area contributed by atoms with E-state index in [1.807, 2.05) is 79.0 Å². The Balaban J connectivity index is 1.36. The molecule has 0 amide bonds. The zero-order valence-electron chi connectivity index (χ0n) is 22.5. The number of nitrogen functional groups attached to an aromatic ring is 1. The molecule has 6 aromatic rings. The molecule has 41 heavy (non-hydrogen) atoms. The van der Waals surface area contributed by atoms with Crippen LogP contribution in [0, 0.1) is 0 Å². The number of aromatic nitrogens is 5. The molecule has 4 heterocycles. The number of aliphatic hydroxyl groups is 1. The maximum atomic E-state index is 10.3. The Labute approximate surface area is 246 Å². The average molecular weight is 579 g/mol. The highest BCUT2D eigenvalue weighted by molar-refractivity contribution is 7.11. The maximum Gasteiger partial charge on any atom is 0.146 e. The lowest BCUT2D eigenvalue weighted by Gasteiger charge is -2.16. The van der Waals surface area contributed by atoms with E-state index in [-0.39, 0.29) is 0 Å². The van der Waals surface area contributed by atoms with Crippen LogP contribution in [-0.4, -0.2) is 30.0 Å². The predicted molar refractivity (Wildman–Crippen MR) is 165 cm³/mol. The largest absolute Gasteiger partial charge is 0.384 e. The van der Waals surface area contributed by atoms with E-state index in [1.165, 1.54) is 0 Å². The van der Waals surface area contributed by atoms with Crippen molar-refractivity contribution in [3.05, 3.63) is 117 Å². The number of anilines is 1. The highest BCUT2D eigenvalue weighted by Crippen LogP contribution is 2.35. The van der Waals surface area contributed by atoms with Gasteiger partial charge < -0.3 is 10.8 Å². The highest BCUT2D eigenvalue weighted by atomic mass is 35.5. The number of rotatable bonds is 7. The number of benzene rings is 2. The van der Waals surface area contributed by atoms with E-state index in [0.29, 0.717) is 46.5 Å². The molecule has 4 aromatic heterocycles. The summed E-state index contributed by atoms with van der Waals surface area (Å²) in [6, 6.07) is 23.3. The third-order valence-electron chi connectivity index (χ3n) is 6.69. The van der Waals surface area contributed by atoms with Crippen molar-refractivity contribution in [1.82, 2.24) is 24.9 Å². The summed E-state index contributed by atoms with van der Waals surface area (Å²) in [5, 5.41) is 12.7. The van der Waals surface area contributed by atoms with Crippen molar-refractivity contribution < 1.29 is 5.11 Å². The van der Waals surface area contributed by atoms with Crippen molar-refractivity contribution in [2.45, 2.75) is 32.3 Å². The van der Waals surface area contributed by atoms with Crippen molar-refractivity contribution >= 4 is 39.7 Å². The van der Waals surface area contributed by atoms with Gasteiger partial charge in [-0.2, -0.15) is 0 Å². The molecule has 0 aliphatic carbocycles. The van der Waals surface area contributed by atoms with Gasteiger partial charge in [-0.05, 0) is 44.2 Å². The second kappa shape index (κ2) is 11.0. The molecule has 9 heteroatoms. The van der Waals surface area contributed by atoms with Gasteiger partial charge in [-0.15, -0.1) is 11.3 Å². The molecule has 3 N–H and O–H groups in total. The maximum absolute atomic E-state index is 10.3. The fourth-order valence-electron chi connectivity index (χ4n) is 4.65. The Morgan fingerprint density at radius 2 is 1.66 bits per heavy atom. The van der Waals surface area contributed by atoms with Gasteiger partial charge in [-0.25, -0.2) is 15.0 Å². The molecule has 0 aliphatic heterocycles. The molecule has 0 saturated heterocycles. The molecule has 2 aromatic carbocycles. The first kappa shape index (κ1) is 27.0. The lowest BCUT2D eigenvalue weighted by atomic mass is 10.0. The first-order valence-electron chi connectivity index (χ1n) is 13.1. The SMILES string of the molecule is CC(C)(O)c1cccc(Cc2ncc(Cc3nc(-c4cc(Cl)c5ncccc5c4)c(-c4ccccc4)nc3N)s2)n1. The monoisotopic (exact) mass is 578 g/mol. The Morgan fingerprint density at radius 1 is 0.854 bits per heavy atom. The molecule has 0 spiro atoms. The van der Waals surface area contributed by atoms with Crippen LogP contribution in [0.3, 0.4) is 0 Å². The van der Waals surface area contributed by atoms with E-state index < -0.39 is 5.60 Å². The minimum atomic E-state index is -1.00. The van der Waals surface area contributed by atoms with Crippen molar-refractivity contribution in [2.75, 3.05) is 5.73 Å². The topological polar surface area (TPSA) is 111 Å². The van der Waals surface area contributed by atoms with Crippen LogP contribution < -0.4 is 5.73 Å². The van der Waals surface area contributed by atoms with E-state index in [1.54, 1.807) is 31.4 Å². The zero-order valence-corrected chi connectivity index (χ0v) is 24.1. The second-order valence-corrected chi connectivity index (χ2v) is 11.9. The summed E-state index contributed by atoms with van der Waals surface area (Å²) in [5.74, 6) is 0.371. The van der Waals surface area contributed by atoms with Gasteiger partial charge in [0.1, 0.15) is 11.4 Å². The molecule has 204 valence electrons. The third kappa shape index (κ3) is 5.81. The zero-order chi connectivity index (χ0) is 28.6. The molecule has 0 fully saturated rings. The van der Waals surface area contributed by atoms with Gasteiger partial charge in [0.05, 0.1) is 38.3 Å². The third-order valence-corrected chi connectivity index (χ3v) is 7.97. The van der Waals surface area contributed by atoms with Crippen LogP contribution in [0.2, 0.25) is 5.02 Å². The quantitative estimate of drug-likeness (QED) is 0.213. The number of halogens is 1. The van der Waals surface area contributed by atoms with E-state index in [4.69, 9.17) is 27.3 Å². The van der Waals surface area contributed by atoms with E-state index in [9.17, 15) is 5.11 Å². The minimum Gasteiger partial charge on any atom is -0.384 e. The molecule has 0 radical (unpaired) electrons. The number of hydrogen-bond acceptors (Lipinski definition) is 8. The van der Waals surface area contributed by atoms with Crippen LogP contribution in [0.15, 0.2) is 85.2 Å². The van der Waals surface area contributed by atoms with Crippen molar-refractivity contribution in [3.63, 3.8) is 0 Å². The summed E-state index contributed by atoms with van der Waals surface area (Å²) < 4.78 is 0. The van der Waals surface area contributed by atoms with Crippen LogP contribution in [0.5, 0.6) is 0 Å². The molecule has 6 rings (SSSR count). The highest BCUT2D eigenvalue weighted by Gasteiger charge is 2.20. The van der Waals surface area contributed by atoms with Gasteiger partial charge in [-0.1, -0.05) is 54.1 Å². The van der Waals surface area contributed by atoms with Crippen molar-refractivity contribution in [3.8, 4) is 22.5 Å². The molecule has 0 unspecified atom stereocenters. The van der Waals surface area contributed by atoms with E-state index >= 15 is 0 Å². The molecular formula is C32H27ClN6OS. The van der Waals surface area contributed by atoms with Crippen LogP contribution in [-0.2, 0) is 18.4 Å². The van der Waals surface area contributed by atoms with Crippen LogP contribution in [0.1, 0.15) is 40.8 Å². The van der Waals surface area contributed by atoms with Gasteiger partial charge >= 0.3 is 0 Å². The van der Waals surface area contributed by atoms with Gasteiger partial charge in [-0.3, -0.25) is 9.97 Å². The fourth-order valence-corrected chi connectivity index (χ4v) is 5.86. The first-order valence-corrected chi connectivity index (χ1v) is 14.3. The van der Waals surface area contributed by atoms with Crippen LogP contribution >= 0.6 is 22.9 Å². The van der Waals surface area contributed by atoms with Gasteiger partial charge in [0.2, 0.25) is 0 Å². The number of pyridine rings is 2. The second-order valence-electron chi connectivity index (χ2n) is 10.3. The lowest BCUT2D eigenvalue weighted by Crippen LogP contribution is -2.18. The van der Waals surface area contributed by atoms with Crippen LogP contribution in [0.25, 0.3) is 33.4 Å².